The van der Waals surface area contributed by atoms with Gasteiger partial charge in [-0.25, -0.2) is 0 Å². The molecule has 0 spiro atoms. The van der Waals surface area contributed by atoms with E-state index in [1.54, 1.807) is 0 Å². The first-order valence-electron chi connectivity index (χ1n) is 3.53. The van der Waals surface area contributed by atoms with Gasteiger partial charge in [0.1, 0.15) is 10.5 Å². The zero-order chi connectivity index (χ0) is 10.1. The second-order valence-electron chi connectivity index (χ2n) is 2.39. The van der Waals surface area contributed by atoms with Crippen molar-refractivity contribution in [1.29, 1.82) is 5.26 Å². The molecular formula is C8H2Br2N2OS. The predicted molar refractivity (Wildman–Crippen MR) is 59.9 cm³/mol. The molecule has 0 aliphatic carbocycles. The molecule has 0 atom stereocenters. The van der Waals surface area contributed by atoms with Crippen molar-refractivity contribution in [3.05, 3.63) is 26.1 Å². The number of nitriles is 1. The van der Waals surface area contributed by atoms with Crippen LogP contribution in [-0.2, 0) is 0 Å². The lowest BCUT2D eigenvalue weighted by atomic mass is 10.3. The number of rotatable bonds is 1. The standard InChI is InChI=1S/C8H2Br2N2OS/c9-6-2-1-5(14-6)8-7(10)4(3-11)12-13-8/h1-2H. The van der Waals surface area contributed by atoms with Gasteiger partial charge < -0.3 is 4.52 Å². The van der Waals surface area contributed by atoms with Crippen LogP contribution in [0, 0.1) is 11.3 Å². The molecule has 0 saturated heterocycles. The maximum atomic E-state index is 8.68. The monoisotopic (exact) mass is 332 g/mol. The third-order valence-electron chi connectivity index (χ3n) is 1.54. The van der Waals surface area contributed by atoms with Gasteiger partial charge in [0.2, 0.25) is 0 Å². The minimum Gasteiger partial charge on any atom is -0.353 e. The van der Waals surface area contributed by atoms with Crippen LogP contribution < -0.4 is 0 Å². The van der Waals surface area contributed by atoms with Gasteiger partial charge in [0.15, 0.2) is 11.5 Å². The SMILES string of the molecule is N#Cc1noc(-c2ccc(Br)s2)c1Br. The highest BCUT2D eigenvalue weighted by Gasteiger charge is 2.16. The van der Waals surface area contributed by atoms with E-state index in [9.17, 15) is 0 Å². The minimum absolute atomic E-state index is 0.268. The lowest BCUT2D eigenvalue weighted by Gasteiger charge is -1.87. The Kier molecular flexibility index (Phi) is 2.72. The second kappa shape index (κ2) is 3.85. The normalized spacial score (nSPS) is 10.1. The predicted octanol–water partition coefficient (Wildman–Crippen LogP) is 3.80. The molecule has 2 aromatic heterocycles. The van der Waals surface area contributed by atoms with E-state index < -0.39 is 0 Å². The van der Waals surface area contributed by atoms with Crippen molar-refractivity contribution in [1.82, 2.24) is 5.16 Å². The van der Waals surface area contributed by atoms with Crippen LogP contribution in [0.25, 0.3) is 10.6 Å². The van der Waals surface area contributed by atoms with Crippen LogP contribution in [0.3, 0.4) is 0 Å². The van der Waals surface area contributed by atoms with Crippen LogP contribution in [0.15, 0.2) is 24.9 Å². The van der Waals surface area contributed by atoms with Crippen LogP contribution in [-0.4, -0.2) is 5.16 Å². The average molecular weight is 334 g/mol. The van der Waals surface area contributed by atoms with Gasteiger partial charge in [-0.15, -0.1) is 11.3 Å². The molecule has 2 heterocycles. The molecule has 0 bridgehead atoms. The molecule has 14 heavy (non-hydrogen) atoms. The van der Waals surface area contributed by atoms with E-state index in [2.05, 4.69) is 37.0 Å². The lowest BCUT2D eigenvalue weighted by molar-refractivity contribution is 0.430. The number of nitrogens with zero attached hydrogens (tertiary/aromatic N) is 2. The summed E-state index contributed by atoms with van der Waals surface area (Å²) in [5.41, 5.74) is 0.268. The summed E-state index contributed by atoms with van der Waals surface area (Å²) in [6.45, 7) is 0. The zero-order valence-corrected chi connectivity index (χ0v) is 10.6. The Labute approximate surface area is 101 Å². The molecule has 0 N–H and O–H groups in total. The summed E-state index contributed by atoms with van der Waals surface area (Å²) < 4.78 is 6.67. The lowest BCUT2D eigenvalue weighted by Crippen LogP contribution is -1.71. The van der Waals surface area contributed by atoms with E-state index in [-0.39, 0.29) is 5.69 Å². The van der Waals surface area contributed by atoms with Gasteiger partial charge >= 0.3 is 0 Å². The largest absolute Gasteiger partial charge is 0.353 e. The summed E-state index contributed by atoms with van der Waals surface area (Å²) in [6.07, 6.45) is 0. The van der Waals surface area contributed by atoms with E-state index >= 15 is 0 Å². The fraction of sp³-hybridized carbons (Fsp3) is 0. The van der Waals surface area contributed by atoms with E-state index in [0.29, 0.717) is 10.2 Å². The van der Waals surface area contributed by atoms with Crippen LogP contribution >= 0.6 is 43.2 Å². The van der Waals surface area contributed by atoms with E-state index in [1.165, 1.54) is 11.3 Å². The quantitative estimate of drug-likeness (QED) is 0.797. The van der Waals surface area contributed by atoms with Gasteiger partial charge in [0.25, 0.3) is 0 Å². The first-order chi connectivity index (χ1) is 6.72. The Bertz CT molecular complexity index is 512. The molecule has 0 radical (unpaired) electrons. The Balaban J connectivity index is 2.53. The van der Waals surface area contributed by atoms with Gasteiger partial charge in [-0.1, -0.05) is 5.16 Å². The molecule has 2 aromatic rings. The highest BCUT2D eigenvalue weighted by molar-refractivity contribution is 9.11. The number of halogens is 2. The number of hydrogen-bond acceptors (Lipinski definition) is 4. The topological polar surface area (TPSA) is 49.8 Å². The molecule has 3 nitrogen and oxygen atoms in total. The van der Waals surface area contributed by atoms with Gasteiger partial charge in [-0.05, 0) is 44.0 Å². The van der Waals surface area contributed by atoms with Crippen molar-refractivity contribution in [3.8, 4) is 16.7 Å². The van der Waals surface area contributed by atoms with Crippen molar-refractivity contribution >= 4 is 43.2 Å². The molecule has 0 unspecified atom stereocenters. The Hall–Kier alpha value is -0.640. The Morgan fingerprint density at radius 2 is 2.21 bits per heavy atom. The van der Waals surface area contributed by atoms with Crippen LogP contribution in [0.5, 0.6) is 0 Å². The maximum Gasteiger partial charge on any atom is 0.198 e. The zero-order valence-electron chi connectivity index (χ0n) is 6.62. The highest BCUT2D eigenvalue weighted by atomic mass is 79.9. The third kappa shape index (κ3) is 1.63. The molecular weight excluding hydrogens is 332 g/mol. The molecule has 6 heteroatoms. The average Bonchev–Trinajstić information content (AvgIpc) is 2.72. The molecule has 0 aliphatic heterocycles. The van der Waals surface area contributed by atoms with Crippen LogP contribution in [0.2, 0.25) is 0 Å². The van der Waals surface area contributed by atoms with Crippen LogP contribution in [0.4, 0.5) is 0 Å². The smallest absolute Gasteiger partial charge is 0.198 e. The van der Waals surface area contributed by atoms with Crippen molar-refractivity contribution in [2.24, 2.45) is 0 Å². The number of thiophene rings is 1. The van der Waals surface area contributed by atoms with Crippen molar-refractivity contribution < 1.29 is 4.52 Å². The first kappa shape index (κ1) is 9.90. The molecule has 0 aliphatic rings. The second-order valence-corrected chi connectivity index (χ2v) is 5.65. The van der Waals surface area contributed by atoms with Crippen molar-refractivity contribution in [3.63, 3.8) is 0 Å². The molecule has 0 saturated carbocycles. The molecule has 0 fully saturated rings. The fourth-order valence-corrected chi connectivity index (χ4v) is 2.89. The summed E-state index contributed by atoms with van der Waals surface area (Å²) in [5, 5.41) is 12.3. The minimum atomic E-state index is 0.268. The molecule has 0 aromatic carbocycles. The van der Waals surface area contributed by atoms with Gasteiger partial charge in [-0.2, -0.15) is 5.26 Å². The fourth-order valence-electron chi connectivity index (χ4n) is 0.938. The Morgan fingerprint density at radius 3 is 2.71 bits per heavy atom. The maximum absolute atomic E-state index is 8.68. The van der Waals surface area contributed by atoms with Gasteiger partial charge in [0.05, 0.1) is 8.66 Å². The van der Waals surface area contributed by atoms with E-state index in [1.807, 2.05) is 18.2 Å². The van der Waals surface area contributed by atoms with Crippen molar-refractivity contribution in [2.75, 3.05) is 0 Å². The summed E-state index contributed by atoms with van der Waals surface area (Å²) in [5.74, 6) is 0.595. The molecule has 0 amide bonds. The number of aromatic nitrogens is 1. The summed E-state index contributed by atoms with van der Waals surface area (Å²) in [6, 6.07) is 5.75. The van der Waals surface area contributed by atoms with Gasteiger partial charge in [0, 0.05) is 0 Å². The summed E-state index contributed by atoms with van der Waals surface area (Å²) in [7, 11) is 0. The van der Waals surface area contributed by atoms with E-state index in [4.69, 9.17) is 9.78 Å². The Morgan fingerprint density at radius 1 is 1.43 bits per heavy atom. The molecule has 70 valence electrons. The summed E-state index contributed by atoms with van der Waals surface area (Å²) >= 11 is 8.15. The third-order valence-corrected chi connectivity index (χ3v) is 3.90. The van der Waals surface area contributed by atoms with E-state index in [0.717, 1.165) is 8.66 Å². The summed E-state index contributed by atoms with van der Waals surface area (Å²) in [4.78, 5) is 0.928. The van der Waals surface area contributed by atoms with Crippen molar-refractivity contribution in [2.45, 2.75) is 0 Å². The first-order valence-corrected chi connectivity index (χ1v) is 5.93. The highest BCUT2D eigenvalue weighted by Crippen LogP contribution is 2.36. The molecule has 2 rings (SSSR count). The van der Waals surface area contributed by atoms with Crippen LogP contribution in [0.1, 0.15) is 5.69 Å². The number of hydrogen-bond donors (Lipinski definition) is 0. The van der Waals surface area contributed by atoms with Gasteiger partial charge in [-0.3, -0.25) is 0 Å².